The van der Waals surface area contributed by atoms with E-state index in [0.29, 0.717) is 0 Å². The molecule has 0 radical (unpaired) electrons. The van der Waals surface area contributed by atoms with Gasteiger partial charge in [-0.3, -0.25) is 0 Å². The van der Waals surface area contributed by atoms with Gasteiger partial charge in [0.05, 0.1) is 9.37 Å². The van der Waals surface area contributed by atoms with E-state index in [4.69, 9.17) is 0 Å². The predicted molar refractivity (Wildman–Crippen MR) is 71.6 cm³/mol. The standard InChI is InChI=1S/C12H10BrF4NO2S/c13-10-2-1-9(7-11(10)14)21(19,20)18-5-3-8(4-6-18)12(15,16)17/h1-3,7H,4-6H2. The molecule has 0 unspecified atom stereocenters. The fourth-order valence-corrected chi connectivity index (χ4v) is 3.55. The number of halogens is 5. The molecule has 21 heavy (non-hydrogen) atoms. The van der Waals surface area contributed by atoms with Gasteiger partial charge in [-0.05, 0) is 40.5 Å². The molecule has 0 saturated carbocycles. The second-order valence-electron chi connectivity index (χ2n) is 4.42. The van der Waals surface area contributed by atoms with E-state index in [2.05, 4.69) is 15.9 Å². The predicted octanol–water partition coefficient (Wildman–Crippen LogP) is 3.47. The molecule has 0 bridgehead atoms. The molecule has 0 aromatic heterocycles. The average molecular weight is 388 g/mol. The van der Waals surface area contributed by atoms with Crippen LogP contribution >= 0.6 is 15.9 Å². The summed E-state index contributed by atoms with van der Waals surface area (Å²) in [6.45, 7) is -0.666. The van der Waals surface area contributed by atoms with Gasteiger partial charge in [0.25, 0.3) is 0 Å². The minimum absolute atomic E-state index is 0.111. The van der Waals surface area contributed by atoms with Crippen molar-refractivity contribution in [2.45, 2.75) is 17.5 Å². The number of sulfonamides is 1. The van der Waals surface area contributed by atoms with Gasteiger partial charge in [0.2, 0.25) is 10.0 Å². The minimum Gasteiger partial charge on any atom is -0.207 e. The van der Waals surface area contributed by atoms with Crippen LogP contribution in [0, 0.1) is 5.82 Å². The SMILES string of the molecule is O=S(=O)(c1ccc(Br)c(F)c1)N1CC=C(C(F)(F)F)CC1. The van der Waals surface area contributed by atoms with Gasteiger partial charge in [0.1, 0.15) is 5.82 Å². The summed E-state index contributed by atoms with van der Waals surface area (Å²) in [5.41, 5.74) is -0.740. The molecule has 0 spiro atoms. The molecule has 0 saturated heterocycles. The molecule has 116 valence electrons. The fraction of sp³-hybridized carbons (Fsp3) is 0.333. The van der Waals surface area contributed by atoms with E-state index in [-0.39, 0.29) is 22.5 Å². The molecule has 1 aliphatic heterocycles. The normalized spacial score (nSPS) is 17.7. The van der Waals surface area contributed by atoms with Gasteiger partial charge in [0.15, 0.2) is 0 Å². The van der Waals surface area contributed by atoms with Crippen LogP contribution in [0.25, 0.3) is 0 Å². The zero-order valence-electron chi connectivity index (χ0n) is 10.5. The first-order chi connectivity index (χ1) is 9.62. The lowest BCUT2D eigenvalue weighted by Gasteiger charge is -2.26. The second-order valence-corrected chi connectivity index (χ2v) is 7.21. The fourth-order valence-electron chi connectivity index (χ4n) is 1.91. The molecule has 0 N–H and O–H groups in total. The molecule has 9 heteroatoms. The third-order valence-corrected chi connectivity index (χ3v) is 5.57. The largest absolute Gasteiger partial charge is 0.412 e. The summed E-state index contributed by atoms with van der Waals surface area (Å²) >= 11 is 2.90. The van der Waals surface area contributed by atoms with Gasteiger partial charge >= 0.3 is 6.18 Å². The summed E-state index contributed by atoms with van der Waals surface area (Å²) in [6.07, 6.45) is -4.02. The van der Waals surface area contributed by atoms with E-state index in [1.165, 1.54) is 12.1 Å². The van der Waals surface area contributed by atoms with Crippen molar-refractivity contribution >= 4 is 26.0 Å². The summed E-state index contributed by atoms with van der Waals surface area (Å²) in [4.78, 5) is -0.285. The van der Waals surface area contributed by atoms with Crippen molar-refractivity contribution in [2.24, 2.45) is 0 Å². The molecule has 1 heterocycles. The Balaban J connectivity index is 2.26. The van der Waals surface area contributed by atoms with Gasteiger partial charge in [0, 0.05) is 18.7 Å². The first-order valence-corrected chi connectivity index (χ1v) is 8.07. The Morgan fingerprint density at radius 3 is 2.38 bits per heavy atom. The van der Waals surface area contributed by atoms with Crippen LogP contribution in [-0.4, -0.2) is 32.0 Å². The Hall–Kier alpha value is -0.930. The molecule has 3 nitrogen and oxygen atoms in total. The summed E-state index contributed by atoms with van der Waals surface area (Å²) in [6, 6.07) is 3.27. The molecule has 1 aliphatic rings. The van der Waals surface area contributed by atoms with Crippen molar-refractivity contribution in [1.82, 2.24) is 4.31 Å². The van der Waals surface area contributed by atoms with Gasteiger partial charge in [-0.1, -0.05) is 6.08 Å². The third-order valence-electron chi connectivity index (χ3n) is 3.06. The molecule has 0 amide bonds. The molecule has 0 aliphatic carbocycles. The molecule has 0 fully saturated rings. The maximum atomic E-state index is 13.4. The van der Waals surface area contributed by atoms with E-state index in [9.17, 15) is 26.0 Å². The van der Waals surface area contributed by atoms with Crippen LogP contribution in [0.5, 0.6) is 0 Å². The second kappa shape index (κ2) is 5.69. The lowest BCUT2D eigenvalue weighted by Crippen LogP contribution is -2.36. The monoisotopic (exact) mass is 387 g/mol. The number of rotatable bonds is 2. The molecular formula is C12H10BrF4NO2S. The van der Waals surface area contributed by atoms with Gasteiger partial charge in [-0.15, -0.1) is 0 Å². The lowest BCUT2D eigenvalue weighted by molar-refractivity contribution is -0.0953. The molecule has 0 atom stereocenters. The average Bonchev–Trinajstić information content (AvgIpc) is 2.41. The van der Waals surface area contributed by atoms with Gasteiger partial charge < -0.3 is 0 Å². The summed E-state index contributed by atoms with van der Waals surface area (Å²) in [7, 11) is -4.01. The summed E-state index contributed by atoms with van der Waals surface area (Å²) in [5, 5.41) is 0. The van der Waals surface area contributed by atoms with Crippen LogP contribution in [0.2, 0.25) is 0 Å². The van der Waals surface area contributed by atoms with E-state index >= 15 is 0 Å². The van der Waals surface area contributed by atoms with Crippen LogP contribution in [-0.2, 0) is 10.0 Å². The smallest absolute Gasteiger partial charge is 0.207 e. The van der Waals surface area contributed by atoms with Crippen LogP contribution in [0.1, 0.15) is 6.42 Å². The highest BCUT2D eigenvalue weighted by molar-refractivity contribution is 9.10. The number of alkyl halides is 3. The number of nitrogens with zero attached hydrogens (tertiary/aromatic N) is 1. The maximum absolute atomic E-state index is 13.4. The van der Waals surface area contributed by atoms with Crippen LogP contribution in [0.15, 0.2) is 39.2 Å². The highest BCUT2D eigenvalue weighted by atomic mass is 79.9. The quantitative estimate of drug-likeness (QED) is 0.575. The van der Waals surface area contributed by atoms with Crippen molar-refractivity contribution in [3.05, 3.63) is 40.1 Å². The number of hydrogen-bond acceptors (Lipinski definition) is 2. The van der Waals surface area contributed by atoms with Gasteiger partial charge in [-0.2, -0.15) is 17.5 Å². The number of benzene rings is 1. The highest BCUT2D eigenvalue weighted by Gasteiger charge is 2.37. The molecule has 1 aromatic rings. The number of hydrogen-bond donors (Lipinski definition) is 0. The zero-order valence-corrected chi connectivity index (χ0v) is 12.9. The summed E-state index contributed by atoms with van der Waals surface area (Å²) < 4.78 is 76.4. The minimum atomic E-state index is -4.44. The highest BCUT2D eigenvalue weighted by Crippen LogP contribution is 2.32. The van der Waals surface area contributed by atoms with Crippen molar-refractivity contribution in [3.63, 3.8) is 0 Å². The Bertz CT molecular complexity index is 685. The van der Waals surface area contributed by atoms with E-state index in [1.54, 1.807) is 0 Å². The molecule has 2 rings (SSSR count). The lowest BCUT2D eigenvalue weighted by atomic mass is 10.1. The molecular weight excluding hydrogens is 378 g/mol. The summed E-state index contributed by atoms with van der Waals surface area (Å²) in [5.74, 6) is -0.750. The van der Waals surface area contributed by atoms with Crippen molar-refractivity contribution in [3.8, 4) is 0 Å². The third kappa shape index (κ3) is 3.46. The first-order valence-electron chi connectivity index (χ1n) is 5.84. The maximum Gasteiger partial charge on any atom is 0.412 e. The van der Waals surface area contributed by atoms with E-state index < -0.39 is 34.0 Å². The topological polar surface area (TPSA) is 37.4 Å². The Morgan fingerprint density at radius 2 is 1.90 bits per heavy atom. The van der Waals surface area contributed by atoms with Crippen molar-refractivity contribution < 1.29 is 26.0 Å². The van der Waals surface area contributed by atoms with Crippen LogP contribution in [0.4, 0.5) is 17.6 Å². The van der Waals surface area contributed by atoms with Gasteiger partial charge in [-0.25, -0.2) is 12.8 Å². The van der Waals surface area contributed by atoms with Crippen LogP contribution in [0.3, 0.4) is 0 Å². The van der Waals surface area contributed by atoms with Crippen molar-refractivity contribution in [1.29, 1.82) is 0 Å². The van der Waals surface area contributed by atoms with Crippen molar-refractivity contribution in [2.75, 3.05) is 13.1 Å². The van der Waals surface area contributed by atoms with E-state index in [0.717, 1.165) is 16.4 Å². The van der Waals surface area contributed by atoms with Crippen LogP contribution < -0.4 is 0 Å². The Morgan fingerprint density at radius 1 is 1.24 bits per heavy atom. The Kier molecular flexibility index (Phi) is 4.46. The van der Waals surface area contributed by atoms with E-state index in [1.807, 2.05) is 0 Å². The first kappa shape index (κ1) is 16.4. The zero-order chi connectivity index (χ0) is 15.8. The Labute approximate surface area is 127 Å². The molecule has 1 aromatic carbocycles.